The summed E-state index contributed by atoms with van der Waals surface area (Å²) in [4.78, 5) is 14.7. The molecular weight excluding hydrogens is 230 g/mol. The highest BCUT2D eigenvalue weighted by atomic mass is 16.5. The van der Waals surface area contributed by atoms with Crippen LogP contribution in [0.3, 0.4) is 0 Å². The lowest BCUT2D eigenvalue weighted by Crippen LogP contribution is -2.46. The highest BCUT2D eigenvalue weighted by Gasteiger charge is 2.28. The van der Waals surface area contributed by atoms with Crippen LogP contribution >= 0.6 is 0 Å². The minimum Gasteiger partial charge on any atom is -0.367 e. The van der Waals surface area contributed by atoms with E-state index in [0.717, 1.165) is 19.5 Å². The van der Waals surface area contributed by atoms with Crippen molar-refractivity contribution in [1.82, 2.24) is 14.7 Å². The molecule has 1 aliphatic heterocycles. The van der Waals surface area contributed by atoms with E-state index in [-0.39, 0.29) is 11.9 Å². The van der Waals surface area contributed by atoms with Gasteiger partial charge in [0.2, 0.25) is 5.78 Å². The molecule has 1 atom stereocenters. The van der Waals surface area contributed by atoms with E-state index in [4.69, 9.17) is 4.74 Å². The second-order valence-corrected chi connectivity index (χ2v) is 4.56. The predicted octanol–water partition coefficient (Wildman–Crippen LogP) is 1.20. The van der Waals surface area contributed by atoms with Crippen LogP contribution in [0.2, 0.25) is 0 Å². The number of Topliss-reactive ketones (excluding diaryl/α,β-unsaturated/α-hetero) is 1. The van der Waals surface area contributed by atoms with Crippen molar-refractivity contribution >= 4 is 5.78 Å². The van der Waals surface area contributed by atoms with Crippen molar-refractivity contribution in [1.29, 1.82) is 0 Å². The molecule has 1 aliphatic rings. The van der Waals surface area contributed by atoms with Crippen molar-refractivity contribution in [2.24, 2.45) is 0 Å². The maximum Gasteiger partial charge on any atom is 0.210 e. The molecule has 0 aliphatic carbocycles. The number of aromatic nitrogens is 2. The first kappa shape index (κ1) is 13.2. The summed E-state index contributed by atoms with van der Waals surface area (Å²) in [5.41, 5.74) is 0.654. The molecule has 2 heterocycles. The van der Waals surface area contributed by atoms with Gasteiger partial charge in [-0.3, -0.25) is 14.4 Å². The molecule has 100 valence electrons. The molecule has 0 radical (unpaired) electrons. The molecule has 1 saturated heterocycles. The van der Waals surface area contributed by atoms with Crippen LogP contribution in [0.25, 0.3) is 0 Å². The third kappa shape index (κ3) is 2.79. The molecule has 5 heteroatoms. The Morgan fingerprint density at radius 2 is 2.39 bits per heavy atom. The summed E-state index contributed by atoms with van der Waals surface area (Å²) >= 11 is 0. The summed E-state index contributed by atoms with van der Waals surface area (Å²) < 4.78 is 7.33. The van der Waals surface area contributed by atoms with Gasteiger partial charge < -0.3 is 4.74 Å². The number of aryl methyl sites for hydroxylation is 1. The number of morpholine rings is 1. The second-order valence-electron chi connectivity index (χ2n) is 4.56. The Bertz CT molecular complexity index is 401. The molecule has 1 aromatic rings. The number of nitrogens with zero attached hydrogens (tertiary/aromatic N) is 3. The third-order valence-corrected chi connectivity index (χ3v) is 3.25. The van der Waals surface area contributed by atoms with Crippen LogP contribution in [0.1, 0.15) is 30.8 Å². The number of carbonyl (C=O) groups is 1. The maximum atomic E-state index is 12.4. The molecule has 2 rings (SSSR count). The smallest absolute Gasteiger partial charge is 0.210 e. The lowest BCUT2D eigenvalue weighted by Gasteiger charge is -2.31. The number of hydrogen-bond donors (Lipinski definition) is 0. The zero-order chi connectivity index (χ0) is 13.0. The van der Waals surface area contributed by atoms with Crippen molar-refractivity contribution in [2.45, 2.75) is 32.9 Å². The molecule has 5 nitrogen and oxygen atoms in total. The topological polar surface area (TPSA) is 47.4 Å². The first-order valence-corrected chi connectivity index (χ1v) is 6.66. The summed E-state index contributed by atoms with van der Waals surface area (Å²) in [5.74, 6) is 0.0511. The second kappa shape index (κ2) is 6.11. The average Bonchev–Trinajstić information content (AvgIpc) is 2.87. The van der Waals surface area contributed by atoms with E-state index < -0.39 is 0 Å². The van der Waals surface area contributed by atoms with Gasteiger partial charge in [-0.1, -0.05) is 6.92 Å². The fourth-order valence-electron chi connectivity index (χ4n) is 2.34. The van der Waals surface area contributed by atoms with E-state index in [1.54, 1.807) is 16.9 Å². The molecule has 0 saturated carbocycles. The zero-order valence-electron chi connectivity index (χ0n) is 11.1. The van der Waals surface area contributed by atoms with Gasteiger partial charge >= 0.3 is 0 Å². The molecule has 0 bridgehead atoms. The zero-order valence-corrected chi connectivity index (χ0v) is 11.1. The summed E-state index contributed by atoms with van der Waals surface area (Å²) in [6.07, 6.45) is 2.43. The molecule has 1 aromatic heterocycles. The van der Waals surface area contributed by atoms with E-state index in [9.17, 15) is 4.79 Å². The Hall–Kier alpha value is -1.20. The van der Waals surface area contributed by atoms with E-state index in [2.05, 4.69) is 16.9 Å². The highest BCUT2D eigenvalue weighted by molar-refractivity contribution is 5.98. The number of rotatable bonds is 5. The summed E-state index contributed by atoms with van der Waals surface area (Å²) in [5, 5.41) is 4.13. The van der Waals surface area contributed by atoms with Crippen LogP contribution < -0.4 is 0 Å². The maximum absolute atomic E-state index is 12.4. The molecule has 1 unspecified atom stereocenters. The first-order chi connectivity index (χ1) is 8.76. The third-order valence-electron chi connectivity index (χ3n) is 3.25. The number of ether oxygens (including phenoxy) is 1. The molecule has 0 amide bonds. The van der Waals surface area contributed by atoms with Crippen LogP contribution in [-0.4, -0.2) is 52.8 Å². The predicted molar refractivity (Wildman–Crippen MR) is 68.7 cm³/mol. The van der Waals surface area contributed by atoms with Gasteiger partial charge in [0.1, 0.15) is 11.8 Å². The fraction of sp³-hybridized carbons (Fsp3) is 0.692. The van der Waals surface area contributed by atoms with Gasteiger partial charge in [0, 0.05) is 25.8 Å². The van der Waals surface area contributed by atoms with E-state index >= 15 is 0 Å². The lowest BCUT2D eigenvalue weighted by molar-refractivity contribution is -0.0168. The summed E-state index contributed by atoms with van der Waals surface area (Å²) in [6.45, 7) is 8.12. The van der Waals surface area contributed by atoms with Gasteiger partial charge in [0.25, 0.3) is 0 Å². The first-order valence-electron chi connectivity index (χ1n) is 6.66. The van der Waals surface area contributed by atoms with Crippen molar-refractivity contribution < 1.29 is 9.53 Å². The summed E-state index contributed by atoms with van der Waals surface area (Å²) in [6, 6.07) is 1.77. The molecule has 0 spiro atoms. The number of ketones is 1. The number of hydrogen-bond acceptors (Lipinski definition) is 4. The van der Waals surface area contributed by atoms with Crippen LogP contribution in [-0.2, 0) is 11.3 Å². The number of carbonyl (C=O) groups excluding carboxylic acids is 1. The van der Waals surface area contributed by atoms with E-state index in [1.807, 2.05) is 6.92 Å². The highest BCUT2D eigenvalue weighted by Crippen LogP contribution is 2.12. The van der Waals surface area contributed by atoms with Crippen molar-refractivity contribution in [2.75, 3.05) is 26.2 Å². The average molecular weight is 251 g/mol. The van der Waals surface area contributed by atoms with Gasteiger partial charge in [-0.05, 0) is 26.0 Å². The van der Waals surface area contributed by atoms with Gasteiger partial charge in [0.15, 0.2) is 0 Å². The SMILES string of the molecule is CCCN1CCOC(C(=O)c2ccnn2CC)C1. The van der Waals surface area contributed by atoms with Crippen molar-refractivity contribution in [3.8, 4) is 0 Å². The minimum absolute atomic E-state index is 0.0511. The Balaban J connectivity index is 2.04. The van der Waals surface area contributed by atoms with Crippen molar-refractivity contribution in [3.05, 3.63) is 18.0 Å². The Labute approximate surface area is 108 Å². The largest absolute Gasteiger partial charge is 0.367 e. The van der Waals surface area contributed by atoms with Crippen LogP contribution in [0, 0.1) is 0 Å². The Kier molecular flexibility index (Phi) is 4.49. The standard InChI is InChI=1S/C13H21N3O2/c1-3-7-15-8-9-18-12(10-15)13(17)11-5-6-14-16(11)4-2/h5-6,12H,3-4,7-10H2,1-2H3. The van der Waals surface area contributed by atoms with Gasteiger partial charge in [0.05, 0.1) is 6.61 Å². The fourth-order valence-corrected chi connectivity index (χ4v) is 2.34. The molecule has 0 aromatic carbocycles. The quantitative estimate of drug-likeness (QED) is 0.738. The van der Waals surface area contributed by atoms with Crippen LogP contribution in [0.15, 0.2) is 12.3 Å². The van der Waals surface area contributed by atoms with Gasteiger partial charge in [-0.15, -0.1) is 0 Å². The lowest BCUT2D eigenvalue weighted by atomic mass is 10.1. The molecule has 18 heavy (non-hydrogen) atoms. The minimum atomic E-state index is -0.340. The van der Waals surface area contributed by atoms with Gasteiger partial charge in [-0.2, -0.15) is 5.10 Å². The van der Waals surface area contributed by atoms with Gasteiger partial charge in [-0.25, -0.2) is 0 Å². The Morgan fingerprint density at radius 3 is 3.11 bits per heavy atom. The molecule has 1 fully saturated rings. The van der Waals surface area contributed by atoms with E-state index in [0.29, 0.717) is 25.4 Å². The normalized spacial score (nSPS) is 21.1. The Morgan fingerprint density at radius 1 is 1.56 bits per heavy atom. The molecular formula is C13H21N3O2. The van der Waals surface area contributed by atoms with E-state index in [1.165, 1.54) is 0 Å². The van der Waals surface area contributed by atoms with Crippen LogP contribution in [0.4, 0.5) is 0 Å². The van der Waals surface area contributed by atoms with Crippen molar-refractivity contribution in [3.63, 3.8) is 0 Å². The monoisotopic (exact) mass is 251 g/mol. The van der Waals surface area contributed by atoms with Crippen LogP contribution in [0.5, 0.6) is 0 Å². The summed E-state index contributed by atoms with van der Waals surface area (Å²) in [7, 11) is 0. The molecule has 0 N–H and O–H groups in total.